The lowest BCUT2D eigenvalue weighted by molar-refractivity contribution is -0.385. The smallest absolute Gasteiger partial charge is 0.269 e. The van der Waals surface area contributed by atoms with Gasteiger partial charge in [0.05, 0.1) is 25.7 Å². The van der Waals surface area contributed by atoms with Gasteiger partial charge in [-0.15, -0.1) is 0 Å². The van der Waals surface area contributed by atoms with Crippen LogP contribution in [0.1, 0.15) is 48.6 Å². The predicted molar refractivity (Wildman–Crippen MR) is 119 cm³/mol. The van der Waals surface area contributed by atoms with Crippen molar-refractivity contribution >= 4 is 5.69 Å². The van der Waals surface area contributed by atoms with Crippen molar-refractivity contribution in [1.29, 1.82) is 0 Å². The van der Waals surface area contributed by atoms with Gasteiger partial charge in [0.2, 0.25) is 0 Å². The lowest BCUT2D eigenvalue weighted by Crippen LogP contribution is -2.34. The van der Waals surface area contributed by atoms with Gasteiger partial charge in [0.15, 0.2) is 11.5 Å². The van der Waals surface area contributed by atoms with Gasteiger partial charge < -0.3 is 19.1 Å². The number of hydrogen-bond donors (Lipinski definition) is 0. The minimum absolute atomic E-state index is 0.144. The van der Waals surface area contributed by atoms with E-state index in [1.807, 2.05) is 6.07 Å². The quantitative estimate of drug-likeness (QED) is 0.470. The molecule has 2 aromatic carbocycles. The topological polar surface area (TPSA) is 74.1 Å². The maximum Gasteiger partial charge on any atom is 0.269 e. The average molecular weight is 427 g/mol. The minimum Gasteiger partial charge on any atom is -0.493 e. The van der Waals surface area contributed by atoms with Crippen LogP contribution in [-0.2, 0) is 0 Å². The number of nitro groups is 1. The summed E-state index contributed by atoms with van der Waals surface area (Å²) in [6.07, 6.45) is 4.14. The van der Waals surface area contributed by atoms with E-state index in [9.17, 15) is 10.1 Å². The molecule has 0 aromatic heterocycles. The Hall–Kier alpha value is -2.80. The van der Waals surface area contributed by atoms with E-state index in [-0.39, 0.29) is 10.6 Å². The van der Waals surface area contributed by atoms with Crippen molar-refractivity contribution < 1.29 is 19.1 Å². The Labute approximate surface area is 183 Å². The highest BCUT2D eigenvalue weighted by molar-refractivity contribution is 5.47. The Morgan fingerprint density at radius 1 is 1.06 bits per heavy atom. The molecule has 2 aromatic rings. The molecule has 0 amide bonds. The monoisotopic (exact) mass is 426 g/mol. The van der Waals surface area contributed by atoms with Crippen LogP contribution in [0.4, 0.5) is 5.69 Å². The van der Waals surface area contributed by atoms with Gasteiger partial charge in [-0.05, 0) is 80.9 Å². The largest absolute Gasteiger partial charge is 0.493 e. The molecule has 2 aliphatic rings. The van der Waals surface area contributed by atoms with Crippen molar-refractivity contribution in [3.8, 4) is 17.2 Å². The van der Waals surface area contributed by atoms with Gasteiger partial charge in [0, 0.05) is 17.7 Å². The molecule has 7 nitrogen and oxygen atoms in total. The molecule has 31 heavy (non-hydrogen) atoms. The molecule has 1 unspecified atom stereocenters. The number of hydrogen-bond acceptors (Lipinski definition) is 6. The second kappa shape index (κ2) is 9.56. The maximum absolute atomic E-state index is 11.2. The second-order valence-corrected chi connectivity index (χ2v) is 8.33. The first kappa shape index (κ1) is 21.4. The van der Waals surface area contributed by atoms with Crippen LogP contribution < -0.4 is 14.2 Å². The SMILES string of the molecule is COc1ccc(C2CCN(CCC3CCOc4ccc([N+](=O)[O-])cc43)CC2)cc1OC. The highest BCUT2D eigenvalue weighted by atomic mass is 16.6. The molecule has 166 valence electrons. The first-order valence-electron chi connectivity index (χ1n) is 10.9. The first-order chi connectivity index (χ1) is 15.1. The molecular weight excluding hydrogens is 396 g/mol. The predicted octanol–water partition coefficient (Wildman–Crippen LogP) is 4.75. The Morgan fingerprint density at radius 3 is 2.55 bits per heavy atom. The molecule has 0 saturated carbocycles. The zero-order chi connectivity index (χ0) is 21.8. The zero-order valence-corrected chi connectivity index (χ0v) is 18.2. The molecular formula is C24H30N2O5. The van der Waals surface area contributed by atoms with Gasteiger partial charge >= 0.3 is 0 Å². The Morgan fingerprint density at radius 2 is 1.84 bits per heavy atom. The first-order valence-corrected chi connectivity index (χ1v) is 10.9. The van der Waals surface area contributed by atoms with Crippen LogP contribution >= 0.6 is 0 Å². The highest BCUT2D eigenvalue weighted by Gasteiger charge is 2.26. The number of methoxy groups -OCH3 is 2. The van der Waals surface area contributed by atoms with Gasteiger partial charge in [-0.25, -0.2) is 0 Å². The molecule has 7 heteroatoms. The van der Waals surface area contributed by atoms with E-state index in [0.717, 1.165) is 68.1 Å². The van der Waals surface area contributed by atoms with Crippen LogP contribution in [0.3, 0.4) is 0 Å². The summed E-state index contributed by atoms with van der Waals surface area (Å²) in [5.74, 6) is 3.19. The molecule has 0 spiro atoms. The number of benzene rings is 2. The fourth-order valence-electron chi connectivity index (χ4n) is 4.80. The van der Waals surface area contributed by atoms with Crippen molar-refractivity contribution in [2.45, 2.75) is 37.5 Å². The highest BCUT2D eigenvalue weighted by Crippen LogP contribution is 2.39. The van der Waals surface area contributed by atoms with E-state index in [1.165, 1.54) is 11.6 Å². The van der Waals surface area contributed by atoms with Gasteiger partial charge in [-0.2, -0.15) is 0 Å². The van der Waals surface area contributed by atoms with Crippen molar-refractivity contribution in [1.82, 2.24) is 4.90 Å². The van der Waals surface area contributed by atoms with Crippen LogP contribution in [-0.4, -0.2) is 50.3 Å². The van der Waals surface area contributed by atoms with Gasteiger partial charge in [0.1, 0.15) is 5.75 Å². The summed E-state index contributed by atoms with van der Waals surface area (Å²) >= 11 is 0. The van der Waals surface area contributed by atoms with Gasteiger partial charge in [-0.3, -0.25) is 10.1 Å². The Balaban J connectivity index is 1.33. The van der Waals surface area contributed by atoms with E-state index in [4.69, 9.17) is 14.2 Å². The summed E-state index contributed by atoms with van der Waals surface area (Å²) in [6, 6.07) is 11.2. The van der Waals surface area contributed by atoms with Crippen LogP contribution in [0.15, 0.2) is 36.4 Å². The van der Waals surface area contributed by atoms with E-state index in [0.29, 0.717) is 18.4 Å². The molecule has 2 heterocycles. The van der Waals surface area contributed by atoms with Crippen LogP contribution in [0.5, 0.6) is 17.2 Å². The number of piperidine rings is 1. The standard InChI is InChI=1S/C24H30N2O5/c1-29-23-5-3-19(15-24(23)30-2)17-7-11-25(12-8-17)13-9-18-10-14-31-22-6-4-20(26(27)28)16-21(18)22/h3-6,15-18H,7-14H2,1-2H3. The molecule has 1 fully saturated rings. The lowest BCUT2D eigenvalue weighted by Gasteiger charge is -2.34. The van der Waals surface area contributed by atoms with Gasteiger partial charge in [0.25, 0.3) is 5.69 Å². The molecule has 2 aliphatic heterocycles. The number of non-ortho nitro benzene ring substituents is 1. The third-order valence-electron chi connectivity index (χ3n) is 6.63. The van der Waals surface area contributed by atoms with Gasteiger partial charge in [-0.1, -0.05) is 6.07 Å². The maximum atomic E-state index is 11.2. The number of nitrogens with zero attached hydrogens (tertiary/aromatic N) is 2. The number of rotatable bonds is 7. The normalized spacial score (nSPS) is 19.4. The number of fused-ring (bicyclic) bond motifs is 1. The summed E-state index contributed by atoms with van der Waals surface area (Å²) < 4.78 is 16.5. The second-order valence-electron chi connectivity index (χ2n) is 8.33. The van der Waals surface area contributed by atoms with E-state index >= 15 is 0 Å². The third kappa shape index (κ3) is 4.77. The zero-order valence-electron chi connectivity index (χ0n) is 18.2. The van der Waals surface area contributed by atoms with Crippen LogP contribution in [0, 0.1) is 10.1 Å². The average Bonchev–Trinajstić information content (AvgIpc) is 2.82. The van der Waals surface area contributed by atoms with Crippen LogP contribution in [0.25, 0.3) is 0 Å². The van der Waals surface area contributed by atoms with Crippen molar-refractivity contribution in [3.63, 3.8) is 0 Å². The summed E-state index contributed by atoms with van der Waals surface area (Å²) in [4.78, 5) is 13.4. The Kier molecular flexibility index (Phi) is 6.61. The summed E-state index contributed by atoms with van der Waals surface area (Å²) in [5, 5.41) is 11.2. The molecule has 1 saturated heterocycles. The molecule has 1 atom stereocenters. The Bertz CT molecular complexity index is 924. The lowest BCUT2D eigenvalue weighted by atomic mass is 9.87. The summed E-state index contributed by atoms with van der Waals surface area (Å²) in [7, 11) is 3.33. The van der Waals surface area contributed by atoms with Crippen molar-refractivity contribution in [3.05, 3.63) is 57.6 Å². The molecule has 0 aliphatic carbocycles. The molecule has 0 radical (unpaired) electrons. The van der Waals surface area contributed by atoms with E-state index in [1.54, 1.807) is 26.4 Å². The summed E-state index contributed by atoms with van der Waals surface area (Å²) in [6.45, 7) is 3.80. The number of likely N-dealkylation sites (tertiary alicyclic amines) is 1. The van der Waals surface area contributed by atoms with Crippen molar-refractivity contribution in [2.75, 3.05) is 40.5 Å². The third-order valence-corrected chi connectivity index (χ3v) is 6.63. The van der Waals surface area contributed by atoms with Crippen molar-refractivity contribution in [2.24, 2.45) is 0 Å². The molecule has 4 rings (SSSR count). The minimum atomic E-state index is -0.328. The van der Waals surface area contributed by atoms with E-state index < -0.39 is 0 Å². The number of ether oxygens (including phenoxy) is 3. The fourth-order valence-corrected chi connectivity index (χ4v) is 4.80. The molecule has 0 bridgehead atoms. The van der Waals surface area contributed by atoms with E-state index in [2.05, 4.69) is 17.0 Å². The summed E-state index contributed by atoms with van der Waals surface area (Å²) in [5.41, 5.74) is 2.44. The number of nitro benzene ring substituents is 1. The van der Waals surface area contributed by atoms with Crippen LogP contribution in [0.2, 0.25) is 0 Å². The fraction of sp³-hybridized carbons (Fsp3) is 0.500. The molecule has 0 N–H and O–H groups in total.